The van der Waals surface area contributed by atoms with Crippen molar-refractivity contribution >= 4 is 5.91 Å². The highest BCUT2D eigenvalue weighted by molar-refractivity contribution is 5.80. The summed E-state index contributed by atoms with van der Waals surface area (Å²) in [4.78, 5) is 11.5. The normalized spacial score (nSPS) is 14.4. The molecule has 3 N–H and O–H groups in total. The van der Waals surface area contributed by atoms with Gasteiger partial charge in [0.1, 0.15) is 6.10 Å². The molecule has 17 heavy (non-hydrogen) atoms. The van der Waals surface area contributed by atoms with Crippen molar-refractivity contribution in [2.24, 2.45) is 5.84 Å². The van der Waals surface area contributed by atoms with Gasteiger partial charge in [0.25, 0.3) is 5.91 Å². The fraction of sp³-hybridized carbons (Fsp3) is 0.923. The monoisotopic (exact) mass is 244 g/mol. The van der Waals surface area contributed by atoms with E-state index in [1.54, 1.807) is 0 Å². The van der Waals surface area contributed by atoms with Gasteiger partial charge < -0.3 is 4.74 Å². The largest absolute Gasteiger partial charge is 0.365 e. The number of nitrogens with two attached hydrogens (primary N) is 1. The molecule has 0 aromatic rings. The van der Waals surface area contributed by atoms with Crippen LogP contribution in [0.2, 0.25) is 0 Å². The molecule has 2 atom stereocenters. The van der Waals surface area contributed by atoms with E-state index in [-0.39, 0.29) is 12.0 Å². The van der Waals surface area contributed by atoms with Crippen LogP contribution in [-0.4, -0.2) is 18.1 Å². The zero-order valence-corrected chi connectivity index (χ0v) is 11.5. The highest BCUT2D eigenvalue weighted by Crippen LogP contribution is 2.12. The summed E-state index contributed by atoms with van der Waals surface area (Å²) in [5.41, 5.74) is 2.17. The standard InChI is InChI=1S/C13H28N2O2/c1-4-6-7-8-10-11(3)17-12(9-5-2)13(16)15-14/h11-12H,4-10,14H2,1-3H3,(H,15,16). The van der Waals surface area contributed by atoms with E-state index in [0.717, 1.165) is 25.7 Å². The van der Waals surface area contributed by atoms with Crippen molar-refractivity contribution in [2.75, 3.05) is 0 Å². The number of carbonyl (C=O) groups is 1. The Hall–Kier alpha value is -0.610. The Morgan fingerprint density at radius 3 is 2.41 bits per heavy atom. The number of unbranched alkanes of at least 4 members (excludes halogenated alkanes) is 3. The fourth-order valence-electron chi connectivity index (χ4n) is 1.82. The van der Waals surface area contributed by atoms with Crippen LogP contribution in [0.1, 0.15) is 65.7 Å². The Morgan fingerprint density at radius 2 is 1.88 bits per heavy atom. The number of nitrogens with one attached hydrogen (secondary N) is 1. The molecule has 0 aliphatic rings. The van der Waals surface area contributed by atoms with Crippen LogP contribution < -0.4 is 11.3 Å². The summed E-state index contributed by atoms with van der Waals surface area (Å²) >= 11 is 0. The van der Waals surface area contributed by atoms with E-state index >= 15 is 0 Å². The van der Waals surface area contributed by atoms with Gasteiger partial charge in [0.05, 0.1) is 6.10 Å². The average molecular weight is 244 g/mol. The van der Waals surface area contributed by atoms with Crippen molar-refractivity contribution in [1.29, 1.82) is 0 Å². The van der Waals surface area contributed by atoms with E-state index in [4.69, 9.17) is 10.6 Å². The lowest BCUT2D eigenvalue weighted by atomic mass is 10.1. The maximum atomic E-state index is 11.5. The summed E-state index contributed by atoms with van der Waals surface area (Å²) in [6.45, 7) is 6.26. The molecule has 0 aromatic heterocycles. The van der Waals surface area contributed by atoms with Gasteiger partial charge in [-0.25, -0.2) is 5.84 Å². The number of carbonyl (C=O) groups excluding carboxylic acids is 1. The maximum absolute atomic E-state index is 11.5. The van der Waals surface area contributed by atoms with Crippen LogP contribution in [0.3, 0.4) is 0 Å². The van der Waals surface area contributed by atoms with Crippen LogP contribution in [0.15, 0.2) is 0 Å². The number of hydrogen-bond acceptors (Lipinski definition) is 3. The number of hydrazine groups is 1. The molecular weight excluding hydrogens is 216 g/mol. The van der Waals surface area contributed by atoms with Gasteiger partial charge in [0, 0.05) is 0 Å². The Morgan fingerprint density at radius 1 is 1.18 bits per heavy atom. The topological polar surface area (TPSA) is 64.3 Å². The SMILES string of the molecule is CCCCCCC(C)OC(CCC)C(=O)NN. The van der Waals surface area contributed by atoms with Gasteiger partial charge in [-0.3, -0.25) is 10.2 Å². The Kier molecular flexibility index (Phi) is 10.2. The highest BCUT2D eigenvalue weighted by Gasteiger charge is 2.19. The lowest BCUT2D eigenvalue weighted by molar-refractivity contribution is -0.137. The Bertz CT molecular complexity index is 198. The van der Waals surface area contributed by atoms with E-state index in [1.807, 2.05) is 13.8 Å². The summed E-state index contributed by atoms with van der Waals surface area (Å²) in [7, 11) is 0. The van der Waals surface area contributed by atoms with E-state index in [1.165, 1.54) is 19.3 Å². The minimum Gasteiger partial charge on any atom is -0.365 e. The molecule has 4 nitrogen and oxygen atoms in total. The molecule has 2 unspecified atom stereocenters. The van der Waals surface area contributed by atoms with Gasteiger partial charge in [-0.2, -0.15) is 0 Å². The molecule has 0 aliphatic heterocycles. The quantitative estimate of drug-likeness (QED) is 0.268. The molecule has 0 aromatic carbocycles. The molecule has 0 aliphatic carbocycles. The molecule has 0 bridgehead atoms. The average Bonchev–Trinajstić information content (AvgIpc) is 2.33. The van der Waals surface area contributed by atoms with E-state index in [0.29, 0.717) is 0 Å². The first-order valence-corrected chi connectivity index (χ1v) is 6.81. The van der Waals surface area contributed by atoms with Crippen molar-refractivity contribution in [3.05, 3.63) is 0 Å². The summed E-state index contributed by atoms with van der Waals surface area (Å²) in [6.07, 6.45) is 7.30. The summed E-state index contributed by atoms with van der Waals surface area (Å²) < 4.78 is 5.73. The minimum atomic E-state index is -0.397. The first-order chi connectivity index (χ1) is 8.15. The van der Waals surface area contributed by atoms with Crippen LogP contribution in [-0.2, 0) is 9.53 Å². The second-order valence-electron chi connectivity index (χ2n) is 4.58. The van der Waals surface area contributed by atoms with Gasteiger partial charge in [-0.05, 0) is 19.8 Å². The third-order valence-electron chi connectivity index (χ3n) is 2.85. The van der Waals surface area contributed by atoms with Gasteiger partial charge in [-0.15, -0.1) is 0 Å². The number of hydrogen-bond donors (Lipinski definition) is 2. The van der Waals surface area contributed by atoms with Crippen LogP contribution in [0.5, 0.6) is 0 Å². The zero-order valence-electron chi connectivity index (χ0n) is 11.5. The van der Waals surface area contributed by atoms with Crippen molar-refractivity contribution in [1.82, 2.24) is 5.43 Å². The summed E-state index contributed by atoms with van der Waals surface area (Å²) in [5.74, 6) is 4.92. The molecular formula is C13H28N2O2. The molecule has 0 radical (unpaired) electrons. The molecule has 0 rings (SSSR count). The number of rotatable bonds is 10. The van der Waals surface area contributed by atoms with Crippen LogP contribution in [0.4, 0.5) is 0 Å². The first kappa shape index (κ1) is 16.4. The third-order valence-corrected chi connectivity index (χ3v) is 2.85. The van der Waals surface area contributed by atoms with Gasteiger partial charge in [0.2, 0.25) is 0 Å². The maximum Gasteiger partial charge on any atom is 0.262 e. The van der Waals surface area contributed by atoms with Crippen molar-refractivity contribution in [3.63, 3.8) is 0 Å². The minimum absolute atomic E-state index is 0.126. The van der Waals surface area contributed by atoms with Gasteiger partial charge >= 0.3 is 0 Å². The molecule has 0 heterocycles. The fourth-order valence-corrected chi connectivity index (χ4v) is 1.82. The smallest absolute Gasteiger partial charge is 0.262 e. The lowest BCUT2D eigenvalue weighted by Crippen LogP contribution is -2.41. The zero-order chi connectivity index (χ0) is 13.1. The lowest BCUT2D eigenvalue weighted by Gasteiger charge is -2.20. The van der Waals surface area contributed by atoms with Crippen molar-refractivity contribution in [2.45, 2.75) is 77.9 Å². The van der Waals surface area contributed by atoms with Gasteiger partial charge in [-0.1, -0.05) is 46.0 Å². The van der Waals surface area contributed by atoms with Crippen LogP contribution >= 0.6 is 0 Å². The molecule has 0 saturated carbocycles. The molecule has 0 spiro atoms. The molecule has 4 heteroatoms. The van der Waals surface area contributed by atoms with E-state index in [2.05, 4.69) is 12.3 Å². The van der Waals surface area contributed by atoms with E-state index < -0.39 is 6.10 Å². The predicted octanol–water partition coefficient (Wildman–Crippen LogP) is 2.52. The third kappa shape index (κ3) is 8.16. The summed E-state index contributed by atoms with van der Waals surface area (Å²) in [5, 5.41) is 0. The Labute approximate surface area is 105 Å². The second-order valence-corrected chi connectivity index (χ2v) is 4.58. The molecule has 0 fully saturated rings. The van der Waals surface area contributed by atoms with Crippen molar-refractivity contribution in [3.8, 4) is 0 Å². The second kappa shape index (κ2) is 10.5. The van der Waals surface area contributed by atoms with E-state index in [9.17, 15) is 4.79 Å². The van der Waals surface area contributed by atoms with Gasteiger partial charge in [0.15, 0.2) is 0 Å². The van der Waals surface area contributed by atoms with Crippen LogP contribution in [0.25, 0.3) is 0 Å². The van der Waals surface area contributed by atoms with Crippen LogP contribution in [0, 0.1) is 0 Å². The number of amides is 1. The molecule has 102 valence electrons. The first-order valence-electron chi connectivity index (χ1n) is 6.81. The molecule has 1 amide bonds. The predicted molar refractivity (Wildman–Crippen MR) is 70.3 cm³/mol. The number of ether oxygens (including phenoxy) is 1. The Balaban J connectivity index is 3.86. The molecule has 0 saturated heterocycles. The summed E-state index contributed by atoms with van der Waals surface area (Å²) in [6, 6.07) is 0. The van der Waals surface area contributed by atoms with Crippen molar-refractivity contribution < 1.29 is 9.53 Å². The highest BCUT2D eigenvalue weighted by atomic mass is 16.5.